The first-order valence-electron chi connectivity index (χ1n) is 4.64. The molecule has 0 aromatic heterocycles. The molecule has 0 aliphatic rings. The van der Waals surface area contributed by atoms with Crippen LogP contribution in [0.2, 0.25) is 0 Å². The lowest BCUT2D eigenvalue weighted by molar-refractivity contribution is -0.384. The van der Waals surface area contributed by atoms with Gasteiger partial charge in [-0.3, -0.25) is 19.7 Å². The molecule has 90 valence electrons. The zero-order chi connectivity index (χ0) is 12.8. The lowest BCUT2D eigenvalue weighted by atomic mass is 10.1. The van der Waals surface area contributed by atoms with E-state index in [-0.39, 0.29) is 23.0 Å². The fourth-order valence-corrected chi connectivity index (χ4v) is 1.75. The lowest BCUT2D eigenvalue weighted by Crippen LogP contribution is -2.15. The van der Waals surface area contributed by atoms with Gasteiger partial charge in [-0.25, -0.2) is 0 Å². The molecule has 2 N–H and O–H groups in total. The Bertz CT molecular complexity index is 444. The third kappa shape index (κ3) is 4.23. The number of nitro groups is 1. The van der Waals surface area contributed by atoms with Crippen molar-refractivity contribution in [1.29, 1.82) is 0 Å². The van der Waals surface area contributed by atoms with Gasteiger partial charge in [0.05, 0.1) is 16.4 Å². The van der Waals surface area contributed by atoms with Crippen LogP contribution in [-0.2, 0) is 4.79 Å². The molecule has 0 saturated heterocycles. The predicted octanol–water partition coefficient (Wildman–Crippen LogP) is 0.996. The average molecular weight is 254 g/mol. The SMILES string of the molecule is NC(=O)CSCC(=O)c1ccc([N+](=O)[O-])cc1. The number of rotatable bonds is 6. The molecule has 1 rings (SSSR count). The van der Waals surface area contributed by atoms with Crippen LogP contribution in [0.4, 0.5) is 5.69 Å². The highest BCUT2D eigenvalue weighted by molar-refractivity contribution is 8.00. The van der Waals surface area contributed by atoms with Crippen molar-refractivity contribution in [1.82, 2.24) is 0 Å². The number of benzene rings is 1. The summed E-state index contributed by atoms with van der Waals surface area (Å²) in [6.07, 6.45) is 0. The molecule has 0 radical (unpaired) electrons. The topological polar surface area (TPSA) is 103 Å². The highest BCUT2D eigenvalue weighted by Gasteiger charge is 2.09. The van der Waals surface area contributed by atoms with E-state index < -0.39 is 10.8 Å². The molecule has 0 spiro atoms. The molecule has 0 aliphatic heterocycles. The summed E-state index contributed by atoms with van der Waals surface area (Å²) in [5.74, 6) is -0.461. The fraction of sp³-hybridized carbons (Fsp3) is 0.200. The Balaban J connectivity index is 2.57. The average Bonchev–Trinajstić information content (AvgIpc) is 2.28. The molecule has 1 amide bonds. The smallest absolute Gasteiger partial charge is 0.269 e. The molecular formula is C10H10N2O4S. The molecule has 1 aromatic carbocycles. The first-order valence-corrected chi connectivity index (χ1v) is 5.80. The second-order valence-corrected chi connectivity index (χ2v) is 4.17. The summed E-state index contributed by atoms with van der Waals surface area (Å²) in [5, 5.41) is 10.4. The van der Waals surface area contributed by atoms with Gasteiger partial charge < -0.3 is 5.73 Å². The number of nitrogens with zero attached hydrogens (tertiary/aromatic N) is 1. The van der Waals surface area contributed by atoms with Crippen molar-refractivity contribution in [3.05, 3.63) is 39.9 Å². The maximum Gasteiger partial charge on any atom is 0.269 e. The lowest BCUT2D eigenvalue weighted by Gasteiger charge is -1.99. The molecule has 1 aromatic rings. The quantitative estimate of drug-likeness (QED) is 0.463. The molecule has 7 heteroatoms. The van der Waals surface area contributed by atoms with Crippen molar-refractivity contribution in [2.45, 2.75) is 0 Å². The van der Waals surface area contributed by atoms with Crippen LogP contribution in [0.3, 0.4) is 0 Å². The number of nitrogens with two attached hydrogens (primary N) is 1. The summed E-state index contributed by atoms with van der Waals surface area (Å²) in [6, 6.07) is 5.33. The number of hydrogen-bond acceptors (Lipinski definition) is 5. The molecule has 0 atom stereocenters. The largest absolute Gasteiger partial charge is 0.369 e. The molecule has 6 nitrogen and oxygen atoms in total. The van der Waals surface area contributed by atoms with E-state index in [4.69, 9.17) is 5.73 Å². The Labute approximate surface area is 101 Å². The van der Waals surface area contributed by atoms with E-state index in [1.54, 1.807) is 0 Å². The zero-order valence-corrected chi connectivity index (χ0v) is 9.61. The van der Waals surface area contributed by atoms with Crippen LogP contribution in [0.15, 0.2) is 24.3 Å². The minimum Gasteiger partial charge on any atom is -0.369 e. The van der Waals surface area contributed by atoms with Crippen molar-refractivity contribution < 1.29 is 14.5 Å². The van der Waals surface area contributed by atoms with Gasteiger partial charge in [-0.05, 0) is 12.1 Å². The van der Waals surface area contributed by atoms with Gasteiger partial charge >= 0.3 is 0 Å². The second-order valence-electron chi connectivity index (χ2n) is 3.19. The zero-order valence-electron chi connectivity index (χ0n) is 8.79. The van der Waals surface area contributed by atoms with Crippen molar-refractivity contribution in [2.75, 3.05) is 11.5 Å². The standard InChI is InChI=1S/C10H10N2O4S/c11-10(14)6-17-5-9(13)7-1-3-8(4-2-7)12(15)16/h1-4H,5-6H2,(H2,11,14). The third-order valence-corrected chi connectivity index (χ3v) is 2.83. The van der Waals surface area contributed by atoms with E-state index >= 15 is 0 Å². The number of Topliss-reactive ketones (excluding diaryl/α,β-unsaturated/α-hetero) is 1. The normalized spacial score (nSPS) is 9.88. The van der Waals surface area contributed by atoms with Crippen molar-refractivity contribution in [3.63, 3.8) is 0 Å². The van der Waals surface area contributed by atoms with Gasteiger partial charge in [-0.1, -0.05) is 0 Å². The van der Waals surface area contributed by atoms with E-state index in [1.807, 2.05) is 0 Å². The van der Waals surface area contributed by atoms with Crippen LogP contribution in [0.25, 0.3) is 0 Å². The van der Waals surface area contributed by atoms with Gasteiger partial charge in [0.2, 0.25) is 5.91 Å². The highest BCUT2D eigenvalue weighted by atomic mass is 32.2. The highest BCUT2D eigenvalue weighted by Crippen LogP contribution is 2.13. The van der Waals surface area contributed by atoms with Gasteiger partial charge in [0.15, 0.2) is 5.78 Å². The molecule has 0 heterocycles. The molecule has 0 aliphatic carbocycles. The Morgan fingerprint density at radius 3 is 2.29 bits per heavy atom. The number of carbonyl (C=O) groups is 2. The summed E-state index contributed by atoms with van der Waals surface area (Å²) in [7, 11) is 0. The molecule has 0 fully saturated rings. The number of hydrogen-bond donors (Lipinski definition) is 1. The van der Waals surface area contributed by atoms with E-state index in [0.717, 1.165) is 11.8 Å². The predicted molar refractivity (Wildman–Crippen MR) is 63.9 cm³/mol. The Hall–Kier alpha value is -1.89. The van der Waals surface area contributed by atoms with Gasteiger partial charge in [-0.15, -0.1) is 11.8 Å². The first kappa shape index (κ1) is 13.2. The summed E-state index contributed by atoms with van der Waals surface area (Å²) >= 11 is 1.12. The van der Waals surface area contributed by atoms with E-state index in [1.165, 1.54) is 24.3 Å². The van der Waals surface area contributed by atoms with Crippen molar-refractivity contribution >= 4 is 29.1 Å². The summed E-state index contributed by atoms with van der Waals surface area (Å²) in [4.78, 5) is 31.9. The Morgan fingerprint density at radius 2 is 1.82 bits per heavy atom. The molecule has 0 bridgehead atoms. The maximum absolute atomic E-state index is 11.6. The molecular weight excluding hydrogens is 244 g/mol. The maximum atomic E-state index is 11.6. The van der Waals surface area contributed by atoms with E-state index in [9.17, 15) is 19.7 Å². The number of carbonyl (C=O) groups excluding carboxylic acids is 2. The first-order chi connectivity index (χ1) is 8.00. The minimum absolute atomic E-state index is 0.0636. The third-order valence-electron chi connectivity index (χ3n) is 1.88. The van der Waals surface area contributed by atoms with Crippen molar-refractivity contribution in [2.24, 2.45) is 5.73 Å². The van der Waals surface area contributed by atoms with Crippen LogP contribution >= 0.6 is 11.8 Å². The second kappa shape index (κ2) is 6.00. The van der Waals surface area contributed by atoms with Crippen LogP contribution in [0.5, 0.6) is 0 Å². The molecule has 0 unspecified atom stereocenters. The number of thioether (sulfide) groups is 1. The van der Waals surface area contributed by atoms with E-state index in [0.29, 0.717) is 5.56 Å². The number of non-ortho nitro benzene ring substituents is 1. The van der Waals surface area contributed by atoms with Crippen LogP contribution in [0, 0.1) is 10.1 Å². The summed E-state index contributed by atoms with van der Waals surface area (Å²) in [5.41, 5.74) is 5.24. The van der Waals surface area contributed by atoms with Gasteiger partial charge in [0.25, 0.3) is 5.69 Å². The van der Waals surface area contributed by atoms with Crippen LogP contribution in [-0.4, -0.2) is 28.1 Å². The van der Waals surface area contributed by atoms with Crippen LogP contribution < -0.4 is 5.73 Å². The van der Waals surface area contributed by atoms with E-state index in [2.05, 4.69) is 0 Å². The number of primary amides is 1. The van der Waals surface area contributed by atoms with Gasteiger partial charge in [0.1, 0.15) is 0 Å². The van der Waals surface area contributed by atoms with Crippen molar-refractivity contribution in [3.8, 4) is 0 Å². The Kier molecular flexibility index (Phi) is 4.65. The fourth-order valence-electron chi connectivity index (χ4n) is 1.10. The number of ketones is 1. The molecule has 17 heavy (non-hydrogen) atoms. The summed E-state index contributed by atoms with van der Waals surface area (Å²) in [6.45, 7) is 0. The van der Waals surface area contributed by atoms with Gasteiger partial charge in [-0.2, -0.15) is 0 Å². The monoisotopic (exact) mass is 254 g/mol. The van der Waals surface area contributed by atoms with Crippen LogP contribution in [0.1, 0.15) is 10.4 Å². The minimum atomic E-state index is -0.532. The number of amides is 1. The number of nitro benzene ring substituents is 1. The van der Waals surface area contributed by atoms with Gasteiger partial charge in [0, 0.05) is 17.7 Å². The molecule has 0 saturated carbocycles. The summed E-state index contributed by atoms with van der Waals surface area (Å²) < 4.78 is 0. The Morgan fingerprint density at radius 1 is 1.24 bits per heavy atom.